The summed E-state index contributed by atoms with van der Waals surface area (Å²) in [5.74, 6) is -0.714. The van der Waals surface area contributed by atoms with E-state index in [0.717, 1.165) is 32.1 Å². The van der Waals surface area contributed by atoms with Crippen LogP contribution in [-0.4, -0.2) is 36.5 Å². The van der Waals surface area contributed by atoms with Gasteiger partial charge < -0.3 is 15.4 Å². The van der Waals surface area contributed by atoms with Crippen LogP contribution < -0.4 is 10.6 Å². The van der Waals surface area contributed by atoms with Crippen LogP contribution in [-0.2, 0) is 16.0 Å². The number of urea groups is 1. The number of hydrogen-bond donors (Lipinski definition) is 2. The highest BCUT2D eigenvalue weighted by Gasteiger charge is 2.36. The Morgan fingerprint density at radius 3 is 2.43 bits per heavy atom. The number of aryl methyl sites for hydroxylation is 1. The van der Waals surface area contributed by atoms with Crippen LogP contribution in [0.5, 0.6) is 0 Å². The van der Waals surface area contributed by atoms with Crippen molar-refractivity contribution in [3.8, 4) is 0 Å². The minimum absolute atomic E-state index is 0.220. The van der Waals surface area contributed by atoms with E-state index < -0.39 is 12.0 Å². The van der Waals surface area contributed by atoms with E-state index in [1.54, 1.807) is 30.0 Å². The van der Waals surface area contributed by atoms with Gasteiger partial charge in [-0.3, -0.25) is 9.69 Å². The van der Waals surface area contributed by atoms with E-state index in [0.29, 0.717) is 34.6 Å². The predicted molar refractivity (Wildman–Crippen MR) is 137 cm³/mol. The summed E-state index contributed by atoms with van der Waals surface area (Å²) in [4.78, 5) is 40.0. The first-order valence-corrected chi connectivity index (χ1v) is 12.3. The number of hydrogen-bond acceptors (Lipinski definition) is 4. The summed E-state index contributed by atoms with van der Waals surface area (Å²) in [7, 11) is 1.33. The third kappa shape index (κ3) is 6.29. The lowest BCUT2D eigenvalue weighted by Crippen LogP contribution is -2.48. The topological polar surface area (TPSA) is 87.7 Å². The normalized spacial score (nSPS) is 15.6. The molecule has 0 saturated carbocycles. The largest absolute Gasteiger partial charge is 0.466 e. The number of esters is 1. The maximum absolute atomic E-state index is 12.9. The minimum Gasteiger partial charge on any atom is -0.466 e. The van der Waals surface area contributed by atoms with Gasteiger partial charge in [-0.2, -0.15) is 0 Å². The summed E-state index contributed by atoms with van der Waals surface area (Å²) < 4.78 is 5.04. The van der Waals surface area contributed by atoms with Gasteiger partial charge in [-0.1, -0.05) is 51.0 Å². The Hall–Kier alpha value is -3.61. The zero-order valence-electron chi connectivity index (χ0n) is 21.0. The molecule has 1 atom stereocenters. The fourth-order valence-electron chi connectivity index (χ4n) is 4.19. The van der Waals surface area contributed by atoms with Crippen LogP contribution >= 0.6 is 0 Å². The molecule has 0 fully saturated rings. The first-order chi connectivity index (χ1) is 16.9. The van der Waals surface area contributed by atoms with Crippen molar-refractivity contribution >= 4 is 23.6 Å². The number of anilines is 1. The van der Waals surface area contributed by atoms with Crippen LogP contribution in [0.4, 0.5) is 10.5 Å². The zero-order valence-corrected chi connectivity index (χ0v) is 21.0. The molecule has 0 spiro atoms. The Morgan fingerprint density at radius 1 is 1.06 bits per heavy atom. The van der Waals surface area contributed by atoms with Gasteiger partial charge in [-0.25, -0.2) is 9.59 Å². The van der Waals surface area contributed by atoms with Gasteiger partial charge in [0.2, 0.25) is 0 Å². The highest BCUT2D eigenvalue weighted by atomic mass is 16.5. The fourth-order valence-corrected chi connectivity index (χ4v) is 4.19. The number of carbonyl (C=O) groups is 3. The lowest BCUT2D eigenvalue weighted by atomic mass is 9.94. The SMILES string of the molecule is CCCCc1ccc(C(=O)Nc2cccc(C3NC(=O)N(CCCC)C(C)=C3C(=O)OC)c2)cc1. The molecule has 0 saturated heterocycles. The molecule has 0 bridgehead atoms. The molecule has 3 rings (SSSR count). The summed E-state index contributed by atoms with van der Waals surface area (Å²) in [5.41, 5.74) is 4.00. The van der Waals surface area contributed by atoms with Crippen molar-refractivity contribution in [2.45, 2.75) is 58.9 Å². The van der Waals surface area contributed by atoms with Gasteiger partial charge in [0, 0.05) is 23.5 Å². The average molecular weight is 478 g/mol. The van der Waals surface area contributed by atoms with Crippen LogP contribution in [0.15, 0.2) is 59.8 Å². The molecular weight excluding hydrogens is 442 g/mol. The van der Waals surface area contributed by atoms with E-state index in [2.05, 4.69) is 17.6 Å². The number of unbranched alkanes of at least 4 members (excludes halogenated alkanes) is 2. The van der Waals surface area contributed by atoms with Crippen molar-refractivity contribution in [3.05, 3.63) is 76.5 Å². The molecule has 0 aliphatic carbocycles. The first-order valence-electron chi connectivity index (χ1n) is 12.3. The highest BCUT2D eigenvalue weighted by Crippen LogP contribution is 2.32. The first kappa shape index (κ1) is 26.0. The maximum atomic E-state index is 12.9. The van der Waals surface area contributed by atoms with E-state index in [1.165, 1.54) is 12.7 Å². The molecule has 3 amide bonds. The summed E-state index contributed by atoms with van der Waals surface area (Å²) in [6, 6.07) is 13.9. The standard InChI is InChI=1S/C28H35N3O4/c1-5-7-10-20-13-15-21(16-14-20)26(32)29-23-12-9-11-22(18-23)25-24(27(33)35-4)19(3)31(17-8-6-2)28(34)30-25/h9,11-16,18,25H,5-8,10,17H2,1-4H3,(H,29,32)(H,30,34). The number of rotatable bonds is 10. The van der Waals surface area contributed by atoms with Gasteiger partial charge >= 0.3 is 12.0 Å². The minimum atomic E-state index is -0.678. The number of amides is 3. The molecule has 2 aromatic carbocycles. The number of benzene rings is 2. The van der Waals surface area contributed by atoms with E-state index in [1.807, 2.05) is 37.3 Å². The molecular formula is C28H35N3O4. The number of allylic oxidation sites excluding steroid dienone is 1. The van der Waals surface area contributed by atoms with Gasteiger partial charge in [0.05, 0.1) is 18.7 Å². The molecule has 1 heterocycles. The van der Waals surface area contributed by atoms with Crippen LogP contribution in [0.1, 0.15) is 74.0 Å². The third-order valence-electron chi connectivity index (χ3n) is 6.25. The number of ether oxygens (including phenoxy) is 1. The summed E-state index contributed by atoms with van der Waals surface area (Å²) >= 11 is 0. The number of nitrogens with zero attached hydrogens (tertiary/aromatic N) is 1. The van der Waals surface area contributed by atoms with Gasteiger partial charge in [-0.05, 0) is 61.6 Å². The van der Waals surface area contributed by atoms with Crippen molar-refractivity contribution in [2.75, 3.05) is 19.0 Å². The molecule has 35 heavy (non-hydrogen) atoms. The Balaban J connectivity index is 1.83. The number of nitrogens with one attached hydrogen (secondary N) is 2. The molecule has 2 aromatic rings. The van der Waals surface area contributed by atoms with Crippen molar-refractivity contribution in [2.24, 2.45) is 0 Å². The molecule has 1 aliphatic rings. The second-order valence-corrected chi connectivity index (χ2v) is 8.76. The molecule has 1 unspecified atom stereocenters. The van der Waals surface area contributed by atoms with Crippen molar-refractivity contribution in [1.82, 2.24) is 10.2 Å². The van der Waals surface area contributed by atoms with E-state index >= 15 is 0 Å². The smallest absolute Gasteiger partial charge is 0.337 e. The zero-order chi connectivity index (χ0) is 25.4. The summed E-state index contributed by atoms with van der Waals surface area (Å²) in [5, 5.41) is 5.86. The highest BCUT2D eigenvalue weighted by molar-refractivity contribution is 6.04. The summed E-state index contributed by atoms with van der Waals surface area (Å²) in [6.45, 7) is 6.49. The van der Waals surface area contributed by atoms with Gasteiger partial charge in [0.15, 0.2) is 0 Å². The average Bonchev–Trinajstić information content (AvgIpc) is 2.87. The number of methoxy groups -OCH3 is 1. The molecule has 0 radical (unpaired) electrons. The molecule has 2 N–H and O–H groups in total. The predicted octanol–water partition coefficient (Wildman–Crippen LogP) is 5.59. The quantitative estimate of drug-likeness (QED) is 0.436. The number of carbonyl (C=O) groups excluding carboxylic acids is 3. The monoisotopic (exact) mass is 477 g/mol. The van der Waals surface area contributed by atoms with Crippen LogP contribution in [0.2, 0.25) is 0 Å². The molecule has 7 heteroatoms. The second kappa shape index (κ2) is 12.2. The third-order valence-corrected chi connectivity index (χ3v) is 6.25. The molecule has 186 valence electrons. The molecule has 7 nitrogen and oxygen atoms in total. The van der Waals surface area contributed by atoms with Crippen LogP contribution in [0, 0.1) is 0 Å². The lowest BCUT2D eigenvalue weighted by Gasteiger charge is -2.35. The van der Waals surface area contributed by atoms with Gasteiger partial charge in [0.1, 0.15) is 0 Å². The van der Waals surface area contributed by atoms with Gasteiger partial charge in [0.25, 0.3) is 5.91 Å². The van der Waals surface area contributed by atoms with Crippen molar-refractivity contribution in [3.63, 3.8) is 0 Å². The summed E-state index contributed by atoms with van der Waals surface area (Å²) in [6.07, 6.45) is 5.00. The van der Waals surface area contributed by atoms with Gasteiger partial charge in [-0.15, -0.1) is 0 Å². The van der Waals surface area contributed by atoms with E-state index in [-0.39, 0.29) is 11.9 Å². The van der Waals surface area contributed by atoms with E-state index in [9.17, 15) is 14.4 Å². The molecule has 0 aromatic heterocycles. The fraction of sp³-hybridized carbons (Fsp3) is 0.393. The van der Waals surface area contributed by atoms with Crippen LogP contribution in [0.3, 0.4) is 0 Å². The van der Waals surface area contributed by atoms with Crippen LogP contribution in [0.25, 0.3) is 0 Å². The maximum Gasteiger partial charge on any atom is 0.337 e. The molecule has 1 aliphatic heterocycles. The Labute approximate surface area is 207 Å². The Kier molecular flexibility index (Phi) is 9.06. The Morgan fingerprint density at radius 2 is 1.77 bits per heavy atom. The second-order valence-electron chi connectivity index (χ2n) is 8.76. The Bertz CT molecular complexity index is 1090. The van der Waals surface area contributed by atoms with E-state index in [4.69, 9.17) is 4.74 Å². The van der Waals surface area contributed by atoms with Crippen molar-refractivity contribution < 1.29 is 19.1 Å². The van der Waals surface area contributed by atoms with Crippen molar-refractivity contribution in [1.29, 1.82) is 0 Å². The lowest BCUT2D eigenvalue weighted by molar-refractivity contribution is -0.136.